The van der Waals surface area contributed by atoms with Gasteiger partial charge in [0.2, 0.25) is 5.76 Å². The summed E-state index contributed by atoms with van der Waals surface area (Å²) < 4.78 is 10.9. The molecule has 4 nitrogen and oxygen atoms in total. The van der Waals surface area contributed by atoms with E-state index in [4.69, 9.17) is 8.94 Å². The Balaban J connectivity index is 1.46. The Morgan fingerprint density at radius 1 is 1.08 bits per heavy atom. The highest BCUT2D eigenvalue weighted by atomic mass is 32.1. The van der Waals surface area contributed by atoms with E-state index < -0.39 is 0 Å². The predicted octanol–water partition coefficient (Wildman–Crippen LogP) is 5.14. The zero-order valence-electron chi connectivity index (χ0n) is 14.2. The first-order chi connectivity index (χ1) is 12.9. The molecule has 0 saturated carbocycles. The fraction of sp³-hybridized carbons (Fsp3) is 0.190. The van der Waals surface area contributed by atoms with E-state index >= 15 is 0 Å². The van der Waals surface area contributed by atoms with E-state index in [0.717, 1.165) is 25.2 Å². The third-order valence-electron chi connectivity index (χ3n) is 4.87. The number of fused-ring (bicyclic) bond motifs is 1. The minimum absolute atomic E-state index is 0.259. The van der Waals surface area contributed by atoms with Crippen molar-refractivity contribution in [2.45, 2.75) is 19.0 Å². The van der Waals surface area contributed by atoms with Crippen LogP contribution in [0.5, 0.6) is 0 Å². The molecule has 1 aliphatic heterocycles. The first kappa shape index (κ1) is 15.6. The summed E-state index contributed by atoms with van der Waals surface area (Å²) in [5.74, 6) is 1.39. The van der Waals surface area contributed by atoms with Crippen molar-refractivity contribution in [3.63, 3.8) is 0 Å². The molecule has 130 valence electrons. The number of hydrogen-bond acceptors (Lipinski definition) is 5. The van der Waals surface area contributed by atoms with Crippen LogP contribution >= 0.6 is 11.3 Å². The molecule has 3 aromatic heterocycles. The summed E-state index contributed by atoms with van der Waals surface area (Å²) in [5.41, 5.74) is 3.67. The molecule has 0 fully saturated rings. The maximum Gasteiger partial charge on any atom is 0.202 e. The summed E-state index contributed by atoms with van der Waals surface area (Å²) in [6.07, 6.45) is 2.73. The van der Waals surface area contributed by atoms with E-state index in [9.17, 15) is 0 Å². The number of thiophene rings is 1. The van der Waals surface area contributed by atoms with Crippen LogP contribution < -0.4 is 0 Å². The van der Waals surface area contributed by atoms with Gasteiger partial charge in [0.25, 0.3) is 0 Å². The number of nitrogens with zero attached hydrogens (tertiary/aromatic N) is 2. The lowest BCUT2D eigenvalue weighted by atomic mass is 9.93. The lowest BCUT2D eigenvalue weighted by molar-refractivity contribution is 0.200. The summed E-state index contributed by atoms with van der Waals surface area (Å²) in [6, 6.07) is 18.9. The van der Waals surface area contributed by atoms with Crippen LogP contribution in [0.3, 0.4) is 0 Å². The van der Waals surface area contributed by atoms with Gasteiger partial charge >= 0.3 is 0 Å². The molecule has 1 aromatic carbocycles. The topological polar surface area (TPSA) is 42.4 Å². The van der Waals surface area contributed by atoms with Crippen LogP contribution in [0.2, 0.25) is 0 Å². The maximum absolute atomic E-state index is 5.48. The first-order valence-electron chi connectivity index (χ1n) is 8.73. The minimum Gasteiger partial charge on any atom is -0.461 e. The van der Waals surface area contributed by atoms with Gasteiger partial charge in [0.1, 0.15) is 0 Å². The first-order valence-corrected chi connectivity index (χ1v) is 9.61. The zero-order chi connectivity index (χ0) is 17.3. The van der Waals surface area contributed by atoms with Crippen LogP contribution in [0.15, 0.2) is 75.2 Å². The molecule has 0 bridgehead atoms. The molecule has 0 radical (unpaired) electrons. The summed E-state index contributed by atoms with van der Waals surface area (Å²) in [5, 5.41) is 6.47. The fourth-order valence-electron chi connectivity index (χ4n) is 3.69. The average Bonchev–Trinajstić information content (AvgIpc) is 3.43. The van der Waals surface area contributed by atoms with Crippen LogP contribution in [-0.4, -0.2) is 16.6 Å². The molecule has 4 heterocycles. The predicted molar refractivity (Wildman–Crippen MR) is 101 cm³/mol. The molecule has 0 saturated heterocycles. The van der Waals surface area contributed by atoms with Crippen LogP contribution in [0.4, 0.5) is 0 Å². The van der Waals surface area contributed by atoms with Crippen molar-refractivity contribution in [3.05, 3.63) is 87.9 Å². The largest absolute Gasteiger partial charge is 0.461 e. The lowest BCUT2D eigenvalue weighted by Crippen LogP contribution is -2.35. The second-order valence-corrected chi connectivity index (χ2v) is 7.49. The van der Waals surface area contributed by atoms with Gasteiger partial charge in [-0.2, -0.15) is 0 Å². The second-order valence-electron chi connectivity index (χ2n) is 6.49. The molecular formula is C21H18N2O2S. The van der Waals surface area contributed by atoms with Gasteiger partial charge in [-0.05, 0) is 41.1 Å². The van der Waals surface area contributed by atoms with Gasteiger partial charge in [-0.3, -0.25) is 4.90 Å². The Hall–Kier alpha value is -2.63. The standard InChI is InChI=1S/C21H18N2O2S/c1-2-5-15(6-3-1)21-17-9-12-26-20(17)8-10-23(21)14-16-13-19(25-22-16)18-7-4-11-24-18/h1-7,9,11-13,21H,8,10,14H2/t21-/m1/s1. The quantitative estimate of drug-likeness (QED) is 0.504. The van der Waals surface area contributed by atoms with E-state index in [2.05, 4.69) is 51.8 Å². The third kappa shape index (κ3) is 2.79. The van der Waals surface area contributed by atoms with Crippen molar-refractivity contribution in [2.75, 3.05) is 6.54 Å². The zero-order valence-corrected chi connectivity index (χ0v) is 15.0. The van der Waals surface area contributed by atoms with Crippen LogP contribution in [-0.2, 0) is 13.0 Å². The van der Waals surface area contributed by atoms with E-state index in [1.165, 1.54) is 16.0 Å². The molecule has 0 amide bonds. The summed E-state index contributed by atoms with van der Waals surface area (Å²) in [7, 11) is 0. The highest BCUT2D eigenvalue weighted by Gasteiger charge is 2.30. The second kappa shape index (κ2) is 6.59. The van der Waals surface area contributed by atoms with Gasteiger partial charge in [0.05, 0.1) is 18.0 Å². The number of furan rings is 1. The van der Waals surface area contributed by atoms with Gasteiger partial charge in [-0.25, -0.2) is 0 Å². The Morgan fingerprint density at radius 3 is 2.85 bits per heavy atom. The normalized spacial score (nSPS) is 17.3. The van der Waals surface area contributed by atoms with E-state index in [-0.39, 0.29) is 6.04 Å². The molecular weight excluding hydrogens is 344 g/mol. The molecule has 1 atom stereocenters. The fourth-order valence-corrected chi connectivity index (χ4v) is 4.60. The van der Waals surface area contributed by atoms with Crippen molar-refractivity contribution in [1.29, 1.82) is 0 Å². The van der Waals surface area contributed by atoms with Crippen molar-refractivity contribution in [1.82, 2.24) is 10.1 Å². The van der Waals surface area contributed by atoms with Gasteiger partial charge in [0, 0.05) is 24.0 Å². The minimum atomic E-state index is 0.259. The Bertz CT molecular complexity index is 988. The molecule has 0 aliphatic carbocycles. The SMILES string of the molecule is c1ccc([C@@H]2c3ccsc3CCN2Cc2cc(-c3ccco3)on2)cc1. The third-order valence-corrected chi connectivity index (χ3v) is 5.87. The highest BCUT2D eigenvalue weighted by Crippen LogP contribution is 2.38. The lowest BCUT2D eigenvalue weighted by Gasteiger charge is -2.35. The van der Waals surface area contributed by atoms with Crippen molar-refractivity contribution >= 4 is 11.3 Å². The van der Waals surface area contributed by atoms with Crippen LogP contribution in [0.25, 0.3) is 11.5 Å². The molecule has 0 unspecified atom stereocenters. The Kier molecular flexibility index (Phi) is 3.96. The summed E-state index contributed by atoms with van der Waals surface area (Å²) in [4.78, 5) is 3.97. The van der Waals surface area contributed by atoms with E-state index in [1.54, 1.807) is 6.26 Å². The number of rotatable bonds is 4. The molecule has 0 spiro atoms. The van der Waals surface area contributed by atoms with Crippen molar-refractivity contribution in [2.24, 2.45) is 0 Å². The average molecular weight is 362 g/mol. The molecule has 4 aromatic rings. The van der Waals surface area contributed by atoms with Crippen molar-refractivity contribution < 1.29 is 8.94 Å². The summed E-state index contributed by atoms with van der Waals surface area (Å²) >= 11 is 1.86. The van der Waals surface area contributed by atoms with E-state index in [1.807, 2.05) is 29.5 Å². The Morgan fingerprint density at radius 2 is 2.00 bits per heavy atom. The molecule has 26 heavy (non-hydrogen) atoms. The summed E-state index contributed by atoms with van der Waals surface area (Å²) in [6.45, 7) is 1.76. The monoisotopic (exact) mass is 362 g/mol. The van der Waals surface area contributed by atoms with Crippen LogP contribution in [0, 0.1) is 0 Å². The number of benzene rings is 1. The Labute approximate surface area is 155 Å². The smallest absolute Gasteiger partial charge is 0.202 e. The van der Waals surface area contributed by atoms with Crippen molar-refractivity contribution in [3.8, 4) is 11.5 Å². The molecule has 0 N–H and O–H groups in total. The van der Waals surface area contributed by atoms with Gasteiger partial charge in [-0.1, -0.05) is 35.5 Å². The van der Waals surface area contributed by atoms with Gasteiger partial charge in [-0.15, -0.1) is 11.3 Å². The maximum atomic E-state index is 5.48. The molecule has 5 heteroatoms. The van der Waals surface area contributed by atoms with E-state index in [0.29, 0.717) is 11.5 Å². The highest BCUT2D eigenvalue weighted by molar-refractivity contribution is 7.10. The van der Waals surface area contributed by atoms with Gasteiger partial charge in [0.15, 0.2) is 5.76 Å². The molecule has 5 rings (SSSR count). The molecule has 1 aliphatic rings. The number of hydrogen-bond donors (Lipinski definition) is 0. The van der Waals surface area contributed by atoms with Crippen LogP contribution in [0.1, 0.15) is 27.7 Å². The number of aromatic nitrogens is 1. The van der Waals surface area contributed by atoms with Gasteiger partial charge < -0.3 is 8.94 Å².